The van der Waals surface area contributed by atoms with Gasteiger partial charge in [-0.25, -0.2) is 0 Å². The summed E-state index contributed by atoms with van der Waals surface area (Å²) in [6.45, 7) is 4.22. The average Bonchev–Trinajstić information content (AvgIpc) is 3.17. The number of aromatic amines is 1. The molecule has 0 saturated carbocycles. The van der Waals surface area contributed by atoms with Crippen molar-refractivity contribution in [1.29, 1.82) is 0 Å². The fourth-order valence-corrected chi connectivity index (χ4v) is 4.93. The van der Waals surface area contributed by atoms with Crippen molar-refractivity contribution in [2.45, 2.75) is 24.6 Å². The Hall–Kier alpha value is -1.46. The Kier molecular flexibility index (Phi) is 4.31. The van der Waals surface area contributed by atoms with Gasteiger partial charge < -0.3 is 14.8 Å². The summed E-state index contributed by atoms with van der Waals surface area (Å²) >= 11 is 1.76. The molecule has 3 heterocycles. The molecule has 0 spiro atoms. The molecule has 0 aliphatic carbocycles. The van der Waals surface area contributed by atoms with Gasteiger partial charge in [-0.2, -0.15) is 0 Å². The smallest absolute Gasteiger partial charge is 0.233 e. The third-order valence-electron chi connectivity index (χ3n) is 4.96. The lowest BCUT2D eigenvalue weighted by Crippen LogP contribution is -2.39. The molecule has 1 aromatic carbocycles. The van der Waals surface area contributed by atoms with Crippen molar-refractivity contribution >= 4 is 28.6 Å². The number of hydrogen-bond donors (Lipinski definition) is 1. The van der Waals surface area contributed by atoms with Crippen molar-refractivity contribution in [2.75, 3.05) is 31.9 Å². The van der Waals surface area contributed by atoms with Crippen molar-refractivity contribution in [1.82, 2.24) is 14.8 Å². The molecule has 2 aliphatic rings. The van der Waals surface area contributed by atoms with Gasteiger partial charge in [0.2, 0.25) is 5.91 Å². The van der Waals surface area contributed by atoms with Crippen LogP contribution in [0.25, 0.3) is 10.9 Å². The fraction of sp³-hybridized carbons (Fsp3) is 0.500. The molecule has 2 aromatic rings. The zero-order valence-corrected chi connectivity index (χ0v) is 14.1. The minimum absolute atomic E-state index is 0.156. The van der Waals surface area contributed by atoms with Crippen LogP contribution in [0.3, 0.4) is 0 Å². The summed E-state index contributed by atoms with van der Waals surface area (Å²) in [5.41, 5.74) is 2.40. The molecule has 1 amide bonds. The van der Waals surface area contributed by atoms with Gasteiger partial charge in [-0.15, -0.1) is 11.8 Å². The second kappa shape index (κ2) is 6.57. The topological polar surface area (TPSA) is 39.3 Å². The number of aromatic nitrogens is 1. The standard InChI is InChI=1S/C18H23N3OS/c22-17-13-23-18(15-12-19-16-7-3-2-6-14(15)16)21(17)11-10-20-8-4-1-5-9-20/h2-3,6-7,12,18-19H,1,4-5,8-11,13H2. The first-order valence-corrected chi connectivity index (χ1v) is 9.57. The van der Waals surface area contributed by atoms with Gasteiger partial charge in [-0.1, -0.05) is 24.6 Å². The molecule has 23 heavy (non-hydrogen) atoms. The van der Waals surface area contributed by atoms with E-state index in [1.54, 1.807) is 11.8 Å². The number of piperidine rings is 1. The Morgan fingerprint density at radius 1 is 1.13 bits per heavy atom. The molecule has 0 radical (unpaired) electrons. The Bertz CT molecular complexity index is 692. The minimum atomic E-state index is 0.156. The lowest BCUT2D eigenvalue weighted by molar-refractivity contribution is -0.128. The summed E-state index contributed by atoms with van der Waals surface area (Å²) < 4.78 is 0. The zero-order valence-electron chi connectivity index (χ0n) is 13.3. The number of nitrogens with zero attached hydrogens (tertiary/aromatic N) is 2. The molecule has 1 aromatic heterocycles. The predicted molar refractivity (Wildman–Crippen MR) is 95.5 cm³/mol. The van der Waals surface area contributed by atoms with Crippen LogP contribution < -0.4 is 0 Å². The molecule has 0 bridgehead atoms. The highest BCUT2D eigenvalue weighted by Crippen LogP contribution is 2.41. The number of para-hydroxylation sites is 1. The zero-order chi connectivity index (χ0) is 15.6. The van der Waals surface area contributed by atoms with Gasteiger partial charge in [0.15, 0.2) is 0 Å². The van der Waals surface area contributed by atoms with Gasteiger partial charge in [0.05, 0.1) is 5.75 Å². The van der Waals surface area contributed by atoms with E-state index in [1.807, 2.05) is 6.07 Å². The predicted octanol–water partition coefficient (Wildman–Crippen LogP) is 3.23. The van der Waals surface area contributed by atoms with E-state index < -0.39 is 0 Å². The highest BCUT2D eigenvalue weighted by atomic mass is 32.2. The molecule has 4 nitrogen and oxygen atoms in total. The SMILES string of the molecule is O=C1CSC(c2c[nH]c3ccccc23)N1CCN1CCCCC1. The maximum Gasteiger partial charge on any atom is 0.233 e. The molecule has 1 unspecified atom stereocenters. The van der Waals surface area contributed by atoms with E-state index in [0.717, 1.165) is 18.6 Å². The highest BCUT2D eigenvalue weighted by molar-refractivity contribution is 8.00. The van der Waals surface area contributed by atoms with Gasteiger partial charge in [0.1, 0.15) is 5.37 Å². The summed E-state index contributed by atoms with van der Waals surface area (Å²) in [7, 11) is 0. The van der Waals surface area contributed by atoms with E-state index in [2.05, 4.69) is 39.2 Å². The molecular weight excluding hydrogens is 306 g/mol. The highest BCUT2D eigenvalue weighted by Gasteiger charge is 2.34. The molecule has 2 aliphatic heterocycles. The molecule has 5 heteroatoms. The van der Waals surface area contributed by atoms with Crippen molar-refractivity contribution in [3.05, 3.63) is 36.0 Å². The number of H-pyrrole nitrogens is 1. The molecular formula is C18H23N3OS. The minimum Gasteiger partial charge on any atom is -0.361 e. The van der Waals surface area contributed by atoms with E-state index in [-0.39, 0.29) is 11.3 Å². The Labute approximate surface area is 141 Å². The van der Waals surface area contributed by atoms with Crippen LogP contribution in [0.1, 0.15) is 30.2 Å². The van der Waals surface area contributed by atoms with Crippen LogP contribution in [0.5, 0.6) is 0 Å². The number of hydrogen-bond acceptors (Lipinski definition) is 3. The van der Waals surface area contributed by atoms with Crippen LogP contribution in [0.4, 0.5) is 0 Å². The van der Waals surface area contributed by atoms with E-state index in [0.29, 0.717) is 5.75 Å². The van der Waals surface area contributed by atoms with Gasteiger partial charge in [0.25, 0.3) is 0 Å². The Morgan fingerprint density at radius 2 is 1.96 bits per heavy atom. The van der Waals surface area contributed by atoms with Gasteiger partial charge in [-0.3, -0.25) is 4.79 Å². The summed E-state index contributed by atoms with van der Waals surface area (Å²) in [5.74, 6) is 0.881. The fourth-order valence-electron chi connectivity index (χ4n) is 3.68. The van der Waals surface area contributed by atoms with Crippen molar-refractivity contribution in [2.24, 2.45) is 0 Å². The summed E-state index contributed by atoms with van der Waals surface area (Å²) in [5, 5.41) is 1.39. The monoisotopic (exact) mass is 329 g/mol. The second-order valence-electron chi connectivity index (χ2n) is 6.44. The molecule has 1 atom stereocenters. The maximum absolute atomic E-state index is 12.4. The van der Waals surface area contributed by atoms with Crippen LogP contribution in [0.15, 0.2) is 30.5 Å². The second-order valence-corrected chi connectivity index (χ2v) is 7.51. The number of rotatable bonds is 4. The van der Waals surface area contributed by atoms with Gasteiger partial charge in [0, 0.05) is 35.8 Å². The summed E-state index contributed by atoms with van der Waals surface area (Å²) in [4.78, 5) is 20.3. The van der Waals surface area contributed by atoms with E-state index in [4.69, 9.17) is 0 Å². The van der Waals surface area contributed by atoms with Gasteiger partial charge in [-0.05, 0) is 32.0 Å². The van der Waals surface area contributed by atoms with E-state index >= 15 is 0 Å². The van der Waals surface area contributed by atoms with Crippen LogP contribution in [-0.4, -0.2) is 52.6 Å². The Balaban J connectivity index is 1.51. The molecule has 2 saturated heterocycles. The maximum atomic E-state index is 12.4. The molecule has 1 N–H and O–H groups in total. The number of amides is 1. The number of benzene rings is 1. The molecule has 2 fully saturated rings. The molecule has 4 rings (SSSR count). The van der Waals surface area contributed by atoms with Crippen LogP contribution >= 0.6 is 11.8 Å². The quantitative estimate of drug-likeness (QED) is 0.936. The average molecular weight is 329 g/mol. The first-order chi connectivity index (χ1) is 11.3. The number of fused-ring (bicyclic) bond motifs is 1. The third-order valence-corrected chi connectivity index (χ3v) is 6.20. The Morgan fingerprint density at radius 3 is 2.83 bits per heavy atom. The van der Waals surface area contributed by atoms with Crippen molar-refractivity contribution in [3.8, 4) is 0 Å². The van der Waals surface area contributed by atoms with Crippen molar-refractivity contribution in [3.63, 3.8) is 0 Å². The number of thioether (sulfide) groups is 1. The normalized spacial score (nSPS) is 23.0. The lowest BCUT2D eigenvalue weighted by Gasteiger charge is -2.30. The summed E-state index contributed by atoms with van der Waals surface area (Å²) in [6.07, 6.45) is 6.03. The van der Waals surface area contributed by atoms with Crippen LogP contribution in [0.2, 0.25) is 0 Å². The lowest BCUT2D eigenvalue weighted by atomic mass is 10.1. The first-order valence-electron chi connectivity index (χ1n) is 8.52. The summed E-state index contributed by atoms with van der Waals surface area (Å²) in [6, 6.07) is 8.36. The first kappa shape index (κ1) is 15.1. The molecule has 122 valence electrons. The third kappa shape index (κ3) is 3.00. The van der Waals surface area contributed by atoms with E-state index in [9.17, 15) is 4.79 Å². The number of likely N-dealkylation sites (tertiary alicyclic amines) is 1. The number of carbonyl (C=O) groups excluding carboxylic acids is 1. The van der Waals surface area contributed by atoms with E-state index in [1.165, 1.54) is 43.3 Å². The number of carbonyl (C=O) groups is 1. The van der Waals surface area contributed by atoms with Crippen LogP contribution in [0, 0.1) is 0 Å². The van der Waals surface area contributed by atoms with Crippen molar-refractivity contribution < 1.29 is 4.79 Å². The van der Waals surface area contributed by atoms with Gasteiger partial charge >= 0.3 is 0 Å². The number of nitrogens with one attached hydrogen (secondary N) is 1. The van der Waals surface area contributed by atoms with Crippen LogP contribution in [-0.2, 0) is 4.79 Å². The largest absolute Gasteiger partial charge is 0.361 e.